The summed E-state index contributed by atoms with van der Waals surface area (Å²) in [6, 6.07) is 0. The van der Waals surface area contributed by atoms with E-state index in [2.05, 4.69) is 4.52 Å². The molecule has 0 aliphatic carbocycles. The molecule has 0 aromatic rings. The van der Waals surface area contributed by atoms with Crippen LogP contribution < -0.4 is 5.73 Å². The summed E-state index contributed by atoms with van der Waals surface area (Å²) >= 11 is 0. The molecule has 0 aromatic carbocycles. The number of hydrogen-bond acceptors (Lipinski definition) is 4. The fourth-order valence-electron chi connectivity index (χ4n) is 0.635. The van der Waals surface area contributed by atoms with Gasteiger partial charge < -0.3 is 15.1 Å². The lowest BCUT2D eigenvalue weighted by Gasteiger charge is -2.23. The fraction of sp³-hybridized carbons (Fsp3) is 1.00. The van der Waals surface area contributed by atoms with Crippen molar-refractivity contribution in [3.05, 3.63) is 0 Å². The van der Waals surface area contributed by atoms with Crippen molar-refractivity contribution in [2.24, 2.45) is 5.73 Å². The molecule has 0 aromatic heterocycles. The molecule has 3 N–H and O–H groups in total. The Bertz CT molecular complexity index is 204. The Kier molecular flexibility index (Phi) is 5.81. The van der Waals surface area contributed by atoms with E-state index in [1.165, 1.54) is 0 Å². The van der Waals surface area contributed by atoms with Crippen LogP contribution in [0.25, 0.3) is 0 Å². The average molecular weight is 227 g/mol. The normalized spacial score (nSPS) is 16.6. The van der Waals surface area contributed by atoms with Gasteiger partial charge in [0.15, 0.2) is 0 Å². The smallest absolute Gasteiger partial charge is 0.329 e. The fourth-order valence-corrected chi connectivity index (χ4v) is 1.36. The highest BCUT2D eigenvalue weighted by Gasteiger charge is 2.21. The number of rotatable bonds is 7. The molecule has 0 heterocycles. The second kappa shape index (κ2) is 5.80. The van der Waals surface area contributed by atoms with Crippen molar-refractivity contribution in [3.63, 3.8) is 0 Å². The largest absolute Gasteiger partial charge is 0.472 e. The highest BCUT2D eigenvalue weighted by Crippen LogP contribution is 2.42. The molecule has 0 saturated heterocycles. The minimum Gasteiger partial charge on any atom is -0.329 e. The summed E-state index contributed by atoms with van der Waals surface area (Å²) in [5.41, 5.74) is 5.12. The van der Waals surface area contributed by atoms with Crippen LogP contribution in [0.15, 0.2) is 0 Å². The van der Waals surface area contributed by atoms with E-state index in [0.29, 0.717) is 11.0 Å². The lowest BCUT2D eigenvalue weighted by atomic mass is 10.5. The van der Waals surface area contributed by atoms with Gasteiger partial charge in [-0.3, -0.25) is 9.05 Å². The third-order valence-corrected chi connectivity index (χ3v) is 2.41. The molecule has 1 atom stereocenters. The summed E-state index contributed by atoms with van der Waals surface area (Å²) in [5, 5.41) is 0. The van der Waals surface area contributed by atoms with Gasteiger partial charge in [-0.1, -0.05) is 0 Å². The molecule has 6 nitrogen and oxygen atoms in total. The van der Waals surface area contributed by atoms with Crippen LogP contribution in [0.1, 0.15) is 0 Å². The number of phosphoric acid groups is 1. The Morgan fingerprint density at radius 3 is 2.21 bits per heavy atom. The Balaban J connectivity index is 3.71. The van der Waals surface area contributed by atoms with Crippen LogP contribution in [0.5, 0.6) is 0 Å². The Labute approximate surface area is 84.8 Å². The van der Waals surface area contributed by atoms with E-state index in [9.17, 15) is 4.57 Å². The molecule has 14 heavy (non-hydrogen) atoms. The number of likely N-dealkylation sites (N-methyl/N-ethyl adjacent to an activating group) is 1. The molecule has 0 radical (unpaired) electrons. The number of nitrogens with two attached hydrogens (primary N) is 1. The first-order valence-corrected chi connectivity index (χ1v) is 5.89. The highest BCUT2D eigenvalue weighted by atomic mass is 31.2. The number of phosphoric ester groups is 1. The maximum absolute atomic E-state index is 11.1. The zero-order chi connectivity index (χ0) is 11.2. The van der Waals surface area contributed by atoms with Crippen molar-refractivity contribution in [1.82, 2.24) is 0 Å². The van der Waals surface area contributed by atoms with Gasteiger partial charge in [0, 0.05) is 6.54 Å². The van der Waals surface area contributed by atoms with Crippen LogP contribution in [-0.4, -0.2) is 56.8 Å². The van der Waals surface area contributed by atoms with E-state index in [4.69, 9.17) is 15.2 Å². The first-order valence-electron chi connectivity index (χ1n) is 4.39. The zero-order valence-electron chi connectivity index (χ0n) is 8.97. The topological polar surface area (TPSA) is 81.8 Å². The zero-order valence-corrected chi connectivity index (χ0v) is 9.87. The quantitative estimate of drug-likeness (QED) is 0.464. The van der Waals surface area contributed by atoms with Crippen molar-refractivity contribution < 1.29 is 23.0 Å². The third kappa shape index (κ3) is 8.62. The van der Waals surface area contributed by atoms with Crippen LogP contribution >= 0.6 is 7.82 Å². The van der Waals surface area contributed by atoms with E-state index in [1.54, 1.807) is 0 Å². The molecule has 1 unspecified atom stereocenters. The SMILES string of the molecule is C[N+](C)(C)CCOP(=O)(O)OCCN. The van der Waals surface area contributed by atoms with Gasteiger partial charge in [-0.2, -0.15) is 0 Å². The van der Waals surface area contributed by atoms with Crippen molar-refractivity contribution >= 4 is 7.82 Å². The van der Waals surface area contributed by atoms with Gasteiger partial charge in [0.2, 0.25) is 0 Å². The monoisotopic (exact) mass is 227 g/mol. The summed E-state index contributed by atoms with van der Waals surface area (Å²) in [6.45, 7) is 1.04. The molecule has 0 amide bonds. The number of quaternary nitrogens is 1. The van der Waals surface area contributed by atoms with E-state index in [-0.39, 0.29) is 19.8 Å². The predicted octanol–water partition coefficient (Wildman–Crippen LogP) is -0.215. The van der Waals surface area contributed by atoms with Crippen LogP contribution in [0, 0.1) is 0 Å². The summed E-state index contributed by atoms with van der Waals surface area (Å²) in [7, 11) is 2.01. The minimum atomic E-state index is -3.89. The van der Waals surface area contributed by atoms with Crippen molar-refractivity contribution in [1.29, 1.82) is 0 Å². The van der Waals surface area contributed by atoms with Gasteiger partial charge in [-0.15, -0.1) is 0 Å². The van der Waals surface area contributed by atoms with Gasteiger partial charge in [0.25, 0.3) is 0 Å². The van der Waals surface area contributed by atoms with Crippen molar-refractivity contribution in [2.45, 2.75) is 0 Å². The van der Waals surface area contributed by atoms with Crippen LogP contribution in [0.2, 0.25) is 0 Å². The molecular formula is C7H20N2O4P+. The van der Waals surface area contributed by atoms with E-state index in [0.717, 1.165) is 0 Å². The maximum Gasteiger partial charge on any atom is 0.472 e. The van der Waals surface area contributed by atoms with Gasteiger partial charge in [0.05, 0.1) is 27.7 Å². The van der Waals surface area contributed by atoms with Crippen molar-refractivity contribution in [2.75, 3.05) is 47.4 Å². The predicted molar refractivity (Wildman–Crippen MR) is 53.7 cm³/mol. The third-order valence-electron chi connectivity index (χ3n) is 1.39. The molecule has 0 bridgehead atoms. The molecule has 7 heteroatoms. The van der Waals surface area contributed by atoms with Crippen LogP contribution in [0.3, 0.4) is 0 Å². The Morgan fingerprint density at radius 1 is 1.29 bits per heavy atom. The minimum absolute atomic E-state index is 0.0259. The molecule has 0 aliphatic rings. The highest BCUT2D eigenvalue weighted by molar-refractivity contribution is 7.47. The first kappa shape index (κ1) is 14.0. The second-order valence-electron chi connectivity index (χ2n) is 3.94. The van der Waals surface area contributed by atoms with E-state index in [1.807, 2.05) is 21.1 Å². The number of nitrogens with zero attached hydrogens (tertiary/aromatic N) is 1. The van der Waals surface area contributed by atoms with Gasteiger partial charge in [-0.25, -0.2) is 4.57 Å². The molecule has 0 rings (SSSR count). The lowest BCUT2D eigenvalue weighted by Crippen LogP contribution is -2.37. The molecular weight excluding hydrogens is 207 g/mol. The Hall–Kier alpha value is 0.0300. The first-order chi connectivity index (χ1) is 6.27. The summed E-state index contributed by atoms with van der Waals surface area (Å²) in [4.78, 5) is 9.09. The van der Waals surface area contributed by atoms with Crippen molar-refractivity contribution in [3.8, 4) is 0 Å². The van der Waals surface area contributed by atoms with Gasteiger partial charge >= 0.3 is 7.82 Å². The molecule has 86 valence electrons. The molecule has 0 fully saturated rings. The van der Waals surface area contributed by atoms with E-state index < -0.39 is 7.82 Å². The standard InChI is InChI=1S/C7H19N2O4P/c1-9(2,3)5-7-13-14(10,11)12-6-4-8/h4-8H2,1-3H3/p+1. The second-order valence-corrected chi connectivity index (χ2v) is 5.39. The van der Waals surface area contributed by atoms with Crippen LogP contribution in [-0.2, 0) is 13.6 Å². The molecule has 0 saturated carbocycles. The van der Waals surface area contributed by atoms with E-state index >= 15 is 0 Å². The average Bonchev–Trinajstić information content (AvgIpc) is 1.98. The maximum atomic E-state index is 11.1. The van der Waals surface area contributed by atoms with Crippen LogP contribution in [0.4, 0.5) is 0 Å². The molecule has 0 aliphatic heterocycles. The summed E-state index contributed by atoms with van der Waals surface area (Å²) in [5.74, 6) is 0. The lowest BCUT2D eigenvalue weighted by molar-refractivity contribution is -0.870. The summed E-state index contributed by atoms with van der Waals surface area (Å²) < 4.78 is 21.0. The van der Waals surface area contributed by atoms with Gasteiger partial charge in [-0.05, 0) is 0 Å². The summed E-state index contributed by atoms with van der Waals surface area (Å²) in [6.07, 6.45) is 0. The Morgan fingerprint density at radius 2 is 1.79 bits per heavy atom. The molecule has 0 spiro atoms. The number of hydrogen-bond donors (Lipinski definition) is 2. The van der Waals surface area contributed by atoms with Gasteiger partial charge in [0.1, 0.15) is 13.2 Å².